The Bertz CT molecular complexity index is 258. The lowest BCUT2D eigenvalue weighted by Gasteiger charge is -2.02. The van der Waals surface area contributed by atoms with Crippen LogP contribution in [0.15, 0.2) is 17.6 Å². The zero-order valence-electron chi connectivity index (χ0n) is 5.67. The second-order valence-corrected chi connectivity index (χ2v) is 2.88. The lowest BCUT2D eigenvalue weighted by atomic mass is 10.6. The molecule has 7 heteroatoms. The Balaban J connectivity index is 2.71. The highest BCUT2D eigenvalue weighted by molar-refractivity contribution is 8.00. The summed E-state index contributed by atoms with van der Waals surface area (Å²) < 4.78 is 35.1. The molecule has 0 unspecified atom stereocenters. The number of nitrogens with two attached hydrogens (primary N) is 1. The first-order valence-electron chi connectivity index (χ1n) is 2.80. The molecule has 0 aliphatic carbocycles. The van der Waals surface area contributed by atoms with Crippen molar-refractivity contribution in [3.8, 4) is 0 Å². The summed E-state index contributed by atoms with van der Waals surface area (Å²) >= 11 is -0.368. The predicted octanol–water partition coefficient (Wildman–Crippen LogP) is 1.67. The second-order valence-electron chi connectivity index (χ2n) is 1.85. The summed E-state index contributed by atoms with van der Waals surface area (Å²) in [6.07, 6.45) is 2.25. The van der Waals surface area contributed by atoms with Gasteiger partial charge in [-0.1, -0.05) is 0 Å². The number of aromatic nitrogens is 2. The molecule has 1 heterocycles. The molecule has 2 N–H and O–H groups in total. The van der Waals surface area contributed by atoms with Gasteiger partial charge in [0.25, 0.3) is 0 Å². The van der Waals surface area contributed by atoms with Crippen LogP contribution >= 0.6 is 11.8 Å². The number of rotatable bonds is 1. The van der Waals surface area contributed by atoms with Gasteiger partial charge in [-0.05, 0) is 0 Å². The molecule has 0 spiro atoms. The topological polar surface area (TPSA) is 51.8 Å². The Morgan fingerprint density at radius 1 is 1.25 bits per heavy atom. The molecule has 3 nitrogen and oxygen atoms in total. The summed E-state index contributed by atoms with van der Waals surface area (Å²) in [5.41, 5.74) is 1.06. The van der Waals surface area contributed by atoms with Gasteiger partial charge in [0.05, 0.1) is 18.1 Å². The van der Waals surface area contributed by atoms with Gasteiger partial charge in [0.15, 0.2) is 5.16 Å². The van der Waals surface area contributed by atoms with Crippen molar-refractivity contribution >= 4 is 17.4 Å². The molecule has 12 heavy (non-hydrogen) atoms. The van der Waals surface area contributed by atoms with Gasteiger partial charge in [-0.15, -0.1) is 0 Å². The van der Waals surface area contributed by atoms with E-state index in [1.165, 1.54) is 0 Å². The molecule has 1 aromatic rings. The van der Waals surface area contributed by atoms with Crippen molar-refractivity contribution in [2.45, 2.75) is 10.7 Å². The lowest BCUT2D eigenvalue weighted by molar-refractivity contribution is -0.0331. The first kappa shape index (κ1) is 9.11. The number of hydrogen-bond donors (Lipinski definition) is 1. The zero-order chi connectivity index (χ0) is 9.19. The van der Waals surface area contributed by atoms with Crippen LogP contribution in [0, 0.1) is 0 Å². The summed E-state index contributed by atoms with van der Waals surface area (Å²) in [7, 11) is 0. The van der Waals surface area contributed by atoms with E-state index in [1.54, 1.807) is 0 Å². The molecule has 0 bridgehead atoms. The van der Waals surface area contributed by atoms with Gasteiger partial charge in [0, 0.05) is 11.8 Å². The van der Waals surface area contributed by atoms with Crippen molar-refractivity contribution in [3.05, 3.63) is 12.4 Å². The van der Waals surface area contributed by atoms with E-state index in [2.05, 4.69) is 9.97 Å². The van der Waals surface area contributed by atoms with E-state index in [1.807, 2.05) is 0 Å². The molecule has 1 rings (SSSR count). The van der Waals surface area contributed by atoms with Gasteiger partial charge in [0.1, 0.15) is 0 Å². The molecular weight excluding hydrogens is 191 g/mol. The molecule has 0 amide bonds. The Hall–Kier alpha value is -0.980. The smallest absolute Gasteiger partial charge is 0.396 e. The van der Waals surface area contributed by atoms with Crippen LogP contribution in [0.2, 0.25) is 0 Å². The highest BCUT2D eigenvalue weighted by Gasteiger charge is 2.30. The van der Waals surface area contributed by atoms with Gasteiger partial charge < -0.3 is 5.73 Å². The number of alkyl halides is 3. The molecule has 0 fully saturated rings. The Morgan fingerprint density at radius 2 is 1.75 bits per heavy atom. The maximum Gasteiger partial charge on any atom is 0.449 e. The van der Waals surface area contributed by atoms with E-state index in [0.29, 0.717) is 0 Å². The lowest BCUT2D eigenvalue weighted by Crippen LogP contribution is -2.02. The number of nitrogen functional groups attached to an aromatic ring is 1. The minimum Gasteiger partial charge on any atom is -0.396 e. The highest BCUT2D eigenvalue weighted by Crippen LogP contribution is 2.34. The van der Waals surface area contributed by atoms with Crippen LogP contribution in [0.1, 0.15) is 0 Å². The molecule has 0 aliphatic heterocycles. The molecule has 0 aromatic carbocycles. The van der Waals surface area contributed by atoms with E-state index < -0.39 is 5.51 Å². The SMILES string of the molecule is Nc1cnc(SC(F)(F)F)nc1. The van der Waals surface area contributed by atoms with Crippen molar-refractivity contribution in [1.29, 1.82) is 0 Å². The van der Waals surface area contributed by atoms with Crippen molar-refractivity contribution in [2.24, 2.45) is 0 Å². The van der Waals surface area contributed by atoms with Gasteiger partial charge in [-0.2, -0.15) is 13.2 Å². The standard InChI is InChI=1S/C5H4F3N3S/c6-5(7,8)12-4-10-1-3(9)2-11-4/h1-2H,9H2. The molecular formula is C5H4F3N3S. The molecule has 0 saturated heterocycles. The van der Waals surface area contributed by atoms with E-state index in [-0.39, 0.29) is 22.6 Å². The van der Waals surface area contributed by atoms with Gasteiger partial charge in [0.2, 0.25) is 0 Å². The van der Waals surface area contributed by atoms with Gasteiger partial charge in [-0.3, -0.25) is 0 Å². The summed E-state index contributed by atoms with van der Waals surface area (Å²) in [6, 6.07) is 0. The van der Waals surface area contributed by atoms with Crippen LogP contribution in [0.4, 0.5) is 18.9 Å². The monoisotopic (exact) mass is 195 g/mol. The predicted molar refractivity (Wildman–Crippen MR) is 38.4 cm³/mol. The number of nitrogens with zero attached hydrogens (tertiary/aromatic N) is 2. The van der Waals surface area contributed by atoms with E-state index in [0.717, 1.165) is 12.4 Å². The largest absolute Gasteiger partial charge is 0.449 e. The van der Waals surface area contributed by atoms with Crippen LogP contribution in [0.25, 0.3) is 0 Å². The van der Waals surface area contributed by atoms with Crippen LogP contribution < -0.4 is 5.73 Å². The Kier molecular flexibility index (Phi) is 2.41. The second kappa shape index (κ2) is 3.18. The molecule has 66 valence electrons. The summed E-state index contributed by atoms with van der Waals surface area (Å²) in [5.74, 6) is 0. The van der Waals surface area contributed by atoms with E-state index in [4.69, 9.17) is 5.73 Å². The molecule has 0 atom stereocenters. The summed E-state index contributed by atoms with van der Waals surface area (Å²) in [4.78, 5) is 6.74. The normalized spacial score (nSPS) is 11.6. The average Bonchev–Trinajstić information content (AvgIpc) is 1.91. The average molecular weight is 195 g/mol. The van der Waals surface area contributed by atoms with Crippen LogP contribution in [-0.4, -0.2) is 15.5 Å². The van der Waals surface area contributed by atoms with E-state index >= 15 is 0 Å². The minimum atomic E-state index is -4.35. The fourth-order valence-corrected chi connectivity index (χ4v) is 0.900. The van der Waals surface area contributed by atoms with Crippen LogP contribution in [0.3, 0.4) is 0 Å². The third kappa shape index (κ3) is 2.95. The number of hydrogen-bond acceptors (Lipinski definition) is 4. The third-order valence-corrected chi connectivity index (χ3v) is 1.48. The van der Waals surface area contributed by atoms with E-state index in [9.17, 15) is 13.2 Å². The maximum absolute atomic E-state index is 11.7. The molecule has 1 aromatic heterocycles. The Morgan fingerprint density at radius 3 is 2.17 bits per heavy atom. The molecule has 0 aliphatic rings. The Labute approximate surface area is 70.2 Å². The number of anilines is 1. The summed E-state index contributed by atoms with van der Waals surface area (Å²) in [6.45, 7) is 0. The fraction of sp³-hybridized carbons (Fsp3) is 0.200. The quantitative estimate of drug-likeness (QED) is 0.547. The van der Waals surface area contributed by atoms with Crippen LogP contribution in [-0.2, 0) is 0 Å². The van der Waals surface area contributed by atoms with Crippen LogP contribution in [0.5, 0.6) is 0 Å². The third-order valence-electron chi connectivity index (χ3n) is 0.855. The minimum absolute atomic E-state index is 0.238. The fourth-order valence-electron chi connectivity index (χ4n) is 0.482. The summed E-state index contributed by atoms with van der Waals surface area (Å²) in [5, 5.41) is -0.350. The first-order valence-corrected chi connectivity index (χ1v) is 3.62. The maximum atomic E-state index is 11.7. The number of halogens is 3. The molecule has 0 saturated carbocycles. The first-order chi connectivity index (χ1) is 5.47. The number of thioether (sulfide) groups is 1. The van der Waals surface area contributed by atoms with Gasteiger partial charge >= 0.3 is 5.51 Å². The van der Waals surface area contributed by atoms with Crippen molar-refractivity contribution in [1.82, 2.24) is 9.97 Å². The van der Waals surface area contributed by atoms with Crippen molar-refractivity contribution < 1.29 is 13.2 Å². The van der Waals surface area contributed by atoms with Gasteiger partial charge in [-0.25, -0.2) is 9.97 Å². The molecule has 0 radical (unpaired) electrons. The highest BCUT2D eigenvalue weighted by atomic mass is 32.2. The zero-order valence-corrected chi connectivity index (χ0v) is 6.49. The van der Waals surface area contributed by atoms with Crippen molar-refractivity contribution in [2.75, 3.05) is 5.73 Å². The van der Waals surface area contributed by atoms with Crippen molar-refractivity contribution in [3.63, 3.8) is 0 Å².